The molecule has 0 bridgehead atoms. The number of nitrogens with one attached hydrogen (secondary N) is 1. The van der Waals surface area contributed by atoms with Crippen LogP contribution in [0.15, 0.2) is 30.3 Å². The highest BCUT2D eigenvalue weighted by Crippen LogP contribution is 2.17. The largest absolute Gasteiger partial charge is 0.311 e. The van der Waals surface area contributed by atoms with Gasteiger partial charge in [-0.2, -0.15) is 0 Å². The van der Waals surface area contributed by atoms with Gasteiger partial charge in [0.15, 0.2) is 0 Å². The molecule has 0 radical (unpaired) electrons. The van der Waals surface area contributed by atoms with Crippen LogP contribution >= 0.6 is 0 Å². The second-order valence-corrected chi connectivity index (χ2v) is 5.88. The molecule has 0 aromatic heterocycles. The lowest BCUT2D eigenvalue weighted by Gasteiger charge is -2.37. The summed E-state index contributed by atoms with van der Waals surface area (Å²) in [6, 6.07) is 11.5. The van der Waals surface area contributed by atoms with Crippen molar-refractivity contribution in [3.8, 4) is 0 Å². The first kappa shape index (κ1) is 13.6. The van der Waals surface area contributed by atoms with Crippen molar-refractivity contribution in [2.24, 2.45) is 5.92 Å². The lowest BCUT2D eigenvalue weighted by molar-refractivity contribution is 0.169. The van der Waals surface area contributed by atoms with Gasteiger partial charge in [0, 0.05) is 32.2 Å². The minimum Gasteiger partial charge on any atom is -0.311 e. The Morgan fingerprint density at radius 3 is 2.61 bits per heavy atom. The molecule has 1 aliphatic rings. The molecule has 0 saturated carbocycles. The van der Waals surface area contributed by atoms with E-state index < -0.39 is 0 Å². The Bertz CT molecular complexity index is 347. The Morgan fingerprint density at radius 2 is 1.94 bits per heavy atom. The topological polar surface area (TPSA) is 15.3 Å². The van der Waals surface area contributed by atoms with Crippen LogP contribution in [0.2, 0.25) is 0 Å². The molecule has 18 heavy (non-hydrogen) atoms. The summed E-state index contributed by atoms with van der Waals surface area (Å²) in [5, 5.41) is 3.62. The molecule has 2 unspecified atom stereocenters. The standard InChI is InChI=1S/C16H26N2/c1-13(2)16-12-18(10-9-17-16)11-14(3)15-7-5-4-6-8-15/h4-8,13-14,16-17H,9-12H2,1-3H3. The van der Waals surface area contributed by atoms with Crippen LogP contribution in [0.5, 0.6) is 0 Å². The summed E-state index contributed by atoms with van der Waals surface area (Å²) >= 11 is 0. The zero-order valence-electron chi connectivity index (χ0n) is 11.9. The summed E-state index contributed by atoms with van der Waals surface area (Å²) in [7, 11) is 0. The molecule has 100 valence electrons. The number of benzene rings is 1. The van der Waals surface area contributed by atoms with Crippen molar-refractivity contribution in [1.29, 1.82) is 0 Å². The van der Waals surface area contributed by atoms with Crippen LogP contribution in [0, 0.1) is 5.92 Å². The molecule has 1 heterocycles. The van der Waals surface area contributed by atoms with Gasteiger partial charge in [-0.1, -0.05) is 51.1 Å². The first-order chi connectivity index (χ1) is 8.66. The van der Waals surface area contributed by atoms with E-state index in [1.165, 1.54) is 25.2 Å². The van der Waals surface area contributed by atoms with E-state index in [2.05, 4.69) is 61.3 Å². The predicted molar refractivity (Wildman–Crippen MR) is 77.9 cm³/mol. The molecule has 1 N–H and O–H groups in total. The normalized spacial score (nSPS) is 23.2. The maximum atomic E-state index is 3.62. The average molecular weight is 246 g/mol. The molecular formula is C16H26N2. The minimum absolute atomic E-state index is 0.622. The quantitative estimate of drug-likeness (QED) is 0.879. The number of hydrogen-bond donors (Lipinski definition) is 1. The fourth-order valence-corrected chi connectivity index (χ4v) is 2.73. The Kier molecular flexibility index (Phi) is 4.79. The van der Waals surface area contributed by atoms with Gasteiger partial charge in [-0.3, -0.25) is 4.90 Å². The van der Waals surface area contributed by atoms with Crippen molar-refractivity contribution in [3.63, 3.8) is 0 Å². The highest BCUT2D eigenvalue weighted by molar-refractivity contribution is 5.19. The number of piperazine rings is 1. The van der Waals surface area contributed by atoms with Crippen LogP contribution in [0.25, 0.3) is 0 Å². The summed E-state index contributed by atoms with van der Waals surface area (Å²) in [6.45, 7) is 11.6. The molecule has 1 aromatic carbocycles. The molecule has 2 rings (SSSR count). The fraction of sp³-hybridized carbons (Fsp3) is 0.625. The Morgan fingerprint density at radius 1 is 1.22 bits per heavy atom. The van der Waals surface area contributed by atoms with Crippen molar-refractivity contribution in [2.45, 2.75) is 32.7 Å². The van der Waals surface area contributed by atoms with Crippen molar-refractivity contribution in [1.82, 2.24) is 10.2 Å². The van der Waals surface area contributed by atoms with Gasteiger partial charge in [-0.05, 0) is 17.4 Å². The summed E-state index contributed by atoms with van der Waals surface area (Å²) in [5.41, 5.74) is 1.46. The highest BCUT2D eigenvalue weighted by atomic mass is 15.2. The second-order valence-electron chi connectivity index (χ2n) is 5.88. The van der Waals surface area contributed by atoms with E-state index in [-0.39, 0.29) is 0 Å². The zero-order chi connectivity index (χ0) is 13.0. The molecule has 1 fully saturated rings. The maximum absolute atomic E-state index is 3.62. The lowest BCUT2D eigenvalue weighted by atomic mass is 9.98. The first-order valence-electron chi connectivity index (χ1n) is 7.17. The SMILES string of the molecule is CC(CN1CCNC(C(C)C)C1)c1ccccc1. The van der Waals surface area contributed by atoms with Crippen molar-refractivity contribution < 1.29 is 0 Å². The van der Waals surface area contributed by atoms with Gasteiger partial charge in [-0.15, -0.1) is 0 Å². The van der Waals surface area contributed by atoms with Crippen LogP contribution in [-0.2, 0) is 0 Å². The Balaban J connectivity index is 1.89. The van der Waals surface area contributed by atoms with Gasteiger partial charge < -0.3 is 5.32 Å². The van der Waals surface area contributed by atoms with Crippen LogP contribution in [0.4, 0.5) is 0 Å². The monoisotopic (exact) mass is 246 g/mol. The molecule has 1 aromatic rings. The minimum atomic E-state index is 0.622. The molecule has 1 saturated heterocycles. The van der Waals surface area contributed by atoms with E-state index in [9.17, 15) is 0 Å². The fourth-order valence-electron chi connectivity index (χ4n) is 2.73. The lowest BCUT2D eigenvalue weighted by Crippen LogP contribution is -2.53. The van der Waals surface area contributed by atoms with Gasteiger partial charge in [0.2, 0.25) is 0 Å². The van der Waals surface area contributed by atoms with Crippen LogP contribution in [0.1, 0.15) is 32.3 Å². The van der Waals surface area contributed by atoms with Crippen LogP contribution < -0.4 is 5.32 Å². The number of nitrogens with zero attached hydrogens (tertiary/aromatic N) is 1. The van der Waals surface area contributed by atoms with Crippen molar-refractivity contribution in [3.05, 3.63) is 35.9 Å². The van der Waals surface area contributed by atoms with Crippen LogP contribution in [-0.4, -0.2) is 37.1 Å². The second kappa shape index (κ2) is 6.35. The smallest absolute Gasteiger partial charge is 0.0218 e. The van der Waals surface area contributed by atoms with Gasteiger partial charge in [0.25, 0.3) is 0 Å². The van der Waals surface area contributed by atoms with E-state index in [0.29, 0.717) is 12.0 Å². The number of hydrogen-bond acceptors (Lipinski definition) is 2. The molecular weight excluding hydrogens is 220 g/mol. The molecule has 2 nitrogen and oxygen atoms in total. The van der Waals surface area contributed by atoms with Gasteiger partial charge in [0.1, 0.15) is 0 Å². The Hall–Kier alpha value is -0.860. The van der Waals surface area contributed by atoms with Crippen molar-refractivity contribution >= 4 is 0 Å². The van der Waals surface area contributed by atoms with E-state index in [1.54, 1.807) is 0 Å². The van der Waals surface area contributed by atoms with Crippen LogP contribution in [0.3, 0.4) is 0 Å². The Labute approximate surface area is 111 Å². The van der Waals surface area contributed by atoms with Gasteiger partial charge in [0.05, 0.1) is 0 Å². The maximum Gasteiger partial charge on any atom is 0.0218 e. The van der Waals surface area contributed by atoms with Gasteiger partial charge in [-0.25, -0.2) is 0 Å². The highest BCUT2D eigenvalue weighted by Gasteiger charge is 2.22. The predicted octanol–water partition coefficient (Wildman–Crippen LogP) is 2.72. The van der Waals surface area contributed by atoms with E-state index in [0.717, 1.165) is 12.5 Å². The van der Waals surface area contributed by atoms with Crippen molar-refractivity contribution in [2.75, 3.05) is 26.2 Å². The molecule has 0 spiro atoms. The molecule has 2 heteroatoms. The summed E-state index contributed by atoms with van der Waals surface area (Å²) in [5.74, 6) is 1.34. The summed E-state index contributed by atoms with van der Waals surface area (Å²) in [6.07, 6.45) is 0. The zero-order valence-corrected chi connectivity index (χ0v) is 11.9. The summed E-state index contributed by atoms with van der Waals surface area (Å²) < 4.78 is 0. The molecule has 0 amide bonds. The first-order valence-corrected chi connectivity index (χ1v) is 7.17. The number of rotatable bonds is 4. The van der Waals surface area contributed by atoms with E-state index in [1.807, 2.05) is 0 Å². The molecule has 2 atom stereocenters. The van der Waals surface area contributed by atoms with E-state index in [4.69, 9.17) is 0 Å². The third kappa shape index (κ3) is 3.56. The third-order valence-corrected chi connectivity index (χ3v) is 3.99. The average Bonchev–Trinajstić information content (AvgIpc) is 2.40. The summed E-state index contributed by atoms with van der Waals surface area (Å²) in [4.78, 5) is 2.61. The molecule has 1 aliphatic heterocycles. The molecule has 0 aliphatic carbocycles. The third-order valence-electron chi connectivity index (χ3n) is 3.99. The van der Waals surface area contributed by atoms with E-state index >= 15 is 0 Å². The van der Waals surface area contributed by atoms with Gasteiger partial charge >= 0.3 is 0 Å².